The largest absolute Gasteiger partial charge is 0.382 e. The summed E-state index contributed by atoms with van der Waals surface area (Å²) in [5, 5.41) is 0. The number of ether oxygens (including phenoxy) is 1. The average molecular weight is 164 g/mol. The van der Waals surface area contributed by atoms with Crippen LogP contribution in [0.15, 0.2) is 30.3 Å². The van der Waals surface area contributed by atoms with Gasteiger partial charge in [-0.3, -0.25) is 0 Å². The number of aryl methyl sites for hydroxylation is 1. The molecule has 66 valence electrons. The molecule has 0 amide bonds. The van der Waals surface area contributed by atoms with Gasteiger partial charge in [-0.2, -0.15) is 0 Å². The Morgan fingerprint density at radius 2 is 1.92 bits per heavy atom. The molecule has 0 spiro atoms. The highest BCUT2D eigenvalue weighted by Gasteiger charge is 1.98. The molecule has 0 bridgehead atoms. The number of methoxy groups -OCH3 is 1. The first-order valence-corrected chi connectivity index (χ1v) is 4.39. The summed E-state index contributed by atoms with van der Waals surface area (Å²) in [4.78, 5) is 0. The van der Waals surface area contributed by atoms with Gasteiger partial charge in [-0.1, -0.05) is 30.3 Å². The first-order chi connectivity index (χ1) is 5.83. The van der Waals surface area contributed by atoms with Crippen LogP contribution in [0.2, 0.25) is 0 Å². The minimum atomic E-state index is 0.366. The number of rotatable bonds is 4. The van der Waals surface area contributed by atoms with E-state index in [9.17, 15) is 0 Å². The van der Waals surface area contributed by atoms with Gasteiger partial charge in [0.15, 0.2) is 0 Å². The molecule has 0 aliphatic heterocycles. The first kappa shape index (κ1) is 9.27. The lowest BCUT2D eigenvalue weighted by molar-refractivity contribution is 0.111. The third-order valence-corrected chi connectivity index (χ3v) is 2.08. The Bertz CT molecular complexity index is 206. The van der Waals surface area contributed by atoms with Crippen LogP contribution in [0.3, 0.4) is 0 Å². The lowest BCUT2D eigenvalue weighted by Gasteiger charge is -2.08. The smallest absolute Gasteiger partial charge is 0.0546 e. The molecule has 0 N–H and O–H groups in total. The fourth-order valence-corrected chi connectivity index (χ4v) is 1.13. The maximum absolute atomic E-state index is 5.17. The Labute approximate surface area is 74.4 Å². The molecule has 0 aromatic heterocycles. The topological polar surface area (TPSA) is 9.23 Å². The van der Waals surface area contributed by atoms with E-state index in [0.29, 0.717) is 6.10 Å². The summed E-state index contributed by atoms with van der Waals surface area (Å²) in [6, 6.07) is 10.5. The zero-order valence-electron chi connectivity index (χ0n) is 7.79. The molecule has 1 rings (SSSR count). The van der Waals surface area contributed by atoms with Crippen LogP contribution in [-0.2, 0) is 11.2 Å². The molecule has 0 heterocycles. The molecular formula is C11H16O. The third-order valence-electron chi connectivity index (χ3n) is 2.08. The van der Waals surface area contributed by atoms with Gasteiger partial charge in [0.25, 0.3) is 0 Å². The van der Waals surface area contributed by atoms with Crippen molar-refractivity contribution in [1.82, 2.24) is 0 Å². The van der Waals surface area contributed by atoms with Gasteiger partial charge in [0, 0.05) is 7.11 Å². The molecule has 0 aliphatic rings. The molecule has 0 radical (unpaired) electrons. The highest BCUT2D eigenvalue weighted by Crippen LogP contribution is 2.05. The highest BCUT2D eigenvalue weighted by molar-refractivity contribution is 5.14. The minimum absolute atomic E-state index is 0.366. The van der Waals surface area contributed by atoms with E-state index in [0.717, 1.165) is 12.8 Å². The molecule has 1 nitrogen and oxygen atoms in total. The molecule has 0 unspecified atom stereocenters. The lowest BCUT2D eigenvalue weighted by atomic mass is 10.1. The van der Waals surface area contributed by atoms with Crippen LogP contribution in [0.4, 0.5) is 0 Å². The van der Waals surface area contributed by atoms with Crippen molar-refractivity contribution >= 4 is 0 Å². The van der Waals surface area contributed by atoms with Crippen molar-refractivity contribution < 1.29 is 4.74 Å². The van der Waals surface area contributed by atoms with Crippen molar-refractivity contribution in [3.63, 3.8) is 0 Å². The third kappa shape index (κ3) is 3.05. The van der Waals surface area contributed by atoms with Crippen LogP contribution in [0, 0.1) is 0 Å². The summed E-state index contributed by atoms with van der Waals surface area (Å²) in [7, 11) is 1.76. The van der Waals surface area contributed by atoms with E-state index < -0.39 is 0 Å². The lowest BCUT2D eigenvalue weighted by Crippen LogP contribution is -2.05. The predicted octanol–water partition coefficient (Wildman–Crippen LogP) is 2.65. The van der Waals surface area contributed by atoms with Gasteiger partial charge in [0.05, 0.1) is 6.10 Å². The van der Waals surface area contributed by atoms with Crippen LogP contribution >= 0.6 is 0 Å². The van der Waals surface area contributed by atoms with E-state index in [1.54, 1.807) is 7.11 Å². The summed E-state index contributed by atoms with van der Waals surface area (Å²) in [6.07, 6.45) is 2.57. The second-order valence-corrected chi connectivity index (χ2v) is 3.07. The van der Waals surface area contributed by atoms with Crippen LogP contribution in [0.5, 0.6) is 0 Å². The van der Waals surface area contributed by atoms with Crippen molar-refractivity contribution in [2.24, 2.45) is 0 Å². The van der Waals surface area contributed by atoms with Gasteiger partial charge >= 0.3 is 0 Å². The Morgan fingerprint density at radius 3 is 2.50 bits per heavy atom. The van der Waals surface area contributed by atoms with E-state index in [-0.39, 0.29) is 0 Å². The molecule has 12 heavy (non-hydrogen) atoms. The summed E-state index contributed by atoms with van der Waals surface area (Å²) >= 11 is 0. The van der Waals surface area contributed by atoms with Gasteiger partial charge in [-0.15, -0.1) is 0 Å². The van der Waals surface area contributed by atoms with Crippen molar-refractivity contribution in [1.29, 1.82) is 0 Å². The summed E-state index contributed by atoms with van der Waals surface area (Å²) in [6.45, 7) is 2.10. The molecule has 1 aromatic carbocycles. The Kier molecular flexibility index (Phi) is 3.81. The van der Waals surface area contributed by atoms with E-state index in [1.165, 1.54) is 5.56 Å². The quantitative estimate of drug-likeness (QED) is 0.664. The molecular weight excluding hydrogens is 148 g/mol. The van der Waals surface area contributed by atoms with E-state index >= 15 is 0 Å². The van der Waals surface area contributed by atoms with Gasteiger partial charge < -0.3 is 4.74 Å². The zero-order chi connectivity index (χ0) is 8.81. The number of hydrogen-bond acceptors (Lipinski definition) is 1. The van der Waals surface area contributed by atoms with E-state index in [1.807, 2.05) is 6.07 Å². The van der Waals surface area contributed by atoms with Gasteiger partial charge in [0.2, 0.25) is 0 Å². The standard InChI is InChI=1S/C11H16O/c1-10(12-2)8-9-11-6-4-3-5-7-11/h3-7,10H,8-9H2,1-2H3/t10-/m0/s1. The fraction of sp³-hybridized carbons (Fsp3) is 0.455. The van der Waals surface area contributed by atoms with Crippen LogP contribution < -0.4 is 0 Å². The monoisotopic (exact) mass is 164 g/mol. The summed E-state index contributed by atoms with van der Waals surface area (Å²) in [5.74, 6) is 0. The average Bonchev–Trinajstić information content (AvgIpc) is 2.16. The maximum Gasteiger partial charge on any atom is 0.0546 e. The zero-order valence-corrected chi connectivity index (χ0v) is 7.79. The SMILES string of the molecule is CO[C@@H](C)CCc1ccccc1. The highest BCUT2D eigenvalue weighted by atomic mass is 16.5. The van der Waals surface area contributed by atoms with Crippen molar-refractivity contribution in [3.8, 4) is 0 Å². The Morgan fingerprint density at radius 1 is 1.25 bits per heavy atom. The molecule has 1 aromatic rings. The Balaban J connectivity index is 2.33. The summed E-state index contributed by atoms with van der Waals surface area (Å²) < 4.78 is 5.17. The maximum atomic E-state index is 5.17. The van der Waals surface area contributed by atoms with Crippen molar-refractivity contribution in [2.45, 2.75) is 25.9 Å². The van der Waals surface area contributed by atoms with Crippen molar-refractivity contribution in [2.75, 3.05) is 7.11 Å². The normalized spacial score (nSPS) is 12.8. The van der Waals surface area contributed by atoms with Crippen LogP contribution in [0.25, 0.3) is 0 Å². The first-order valence-electron chi connectivity index (χ1n) is 4.39. The van der Waals surface area contributed by atoms with Crippen LogP contribution in [-0.4, -0.2) is 13.2 Å². The van der Waals surface area contributed by atoms with Gasteiger partial charge in [-0.25, -0.2) is 0 Å². The van der Waals surface area contributed by atoms with E-state index in [2.05, 4.69) is 31.2 Å². The summed E-state index contributed by atoms with van der Waals surface area (Å²) in [5.41, 5.74) is 1.39. The Hall–Kier alpha value is -0.820. The second kappa shape index (κ2) is 4.94. The molecule has 1 heteroatoms. The van der Waals surface area contributed by atoms with Gasteiger partial charge in [-0.05, 0) is 25.3 Å². The van der Waals surface area contributed by atoms with Gasteiger partial charge in [0.1, 0.15) is 0 Å². The second-order valence-electron chi connectivity index (χ2n) is 3.07. The van der Waals surface area contributed by atoms with E-state index in [4.69, 9.17) is 4.74 Å². The van der Waals surface area contributed by atoms with Crippen LogP contribution in [0.1, 0.15) is 18.9 Å². The molecule has 0 saturated heterocycles. The number of hydrogen-bond donors (Lipinski definition) is 0. The molecule has 0 fully saturated rings. The molecule has 1 atom stereocenters. The fourth-order valence-electron chi connectivity index (χ4n) is 1.13. The molecule has 0 aliphatic carbocycles. The minimum Gasteiger partial charge on any atom is -0.382 e. The number of benzene rings is 1. The molecule has 0 saturated carbocycles. The predicted molar refractivity (Wildman–Crippen MR) is 51.2 cm³/mol. The van der Waals surface area contributed by atoms with Crippen molar-refractivity contribution in [3.05, 3.63) is 35.9 Å².